The van der Waals surface area contributed by atoms with Crippen LogP contribution in [0.2, 0.25) is 0 Å². The van der Waals surface area contributed by atoms with Crippen molar-refractivity contribution in [3.63, 3.8) is 0 Å². The van der Waals surface area contributed by atoms with Crippen molar-refractivity contribution in [3.05, 3.63) is 12.1 Å². The lowest BCUT2D eigenvalue weighted by Crippen LogP contribution is -1.97. The number of hydrogen-bond acceptors (Lipinski definition) is 10. The van der Waals surface area contributed by atoms with E-state index in [0.717, 1.165) is 0 Å². The zero-order valence-electron chi connectivity index (χ0n) is 9.65. The van der Waals surface area contributed by atoms with Crippen LogP contribution in [0.4, 0.5) is 23.3 Å². The summed E-state index contributed by atoms with van der Waals surface area (Å²) in [7, 11) is 0. The van der Waals surface area contributed by atoms with Crippen LogP contribution in [0.25, 0.3) is 0 Å². The topological polar surface area (TPSA) is 187 Å². The van der Waals surface area contributed by atoms with Gasteiger partial charge in [0.05, 0.1) is 0 Å². The minimum absolute atomic E-state index is 0. The molecule has 2 aromatic heterocycles. The number of anilines is 4. The lowest BCUT2D eigenvalue weighted by molar-refractivity contribution is 0.824. The fourth-order valence-electron chi connectivity index (χ4n) is 0.944. The van der Waals surface area contributed by atoms with E-state index in [-0.39, 0.29) is 5.48 Å². The third-order valence-corrected chi connectivity index (χ3v) is 1.91. The number of thiol groups is 2. The third kappa shape index (κ3) is 6.49. The molecule has 0 unspecified atom stereocenters. The van der Waals surface area contributed by atoms with Crippen LogP contribution in [-0.2, 0) is 0 Å². The van der Waals surface area contributed by atoms with Gasteiger partial charge in [0.25, 0.3) is 0 Å². The van der Waals surface area contributed by atoms with E-state index in [1.54, 1.807) is 0 Å². The monoisotopic (exact) mass is 302 g/mol. The lowest BCUT2D eigenvalue weighted by atomic mass is 10.5. The number of rotatable bonds is 0. The lowest BCUT2D eigenvalue weighted by Gasteiger charge is -1.94. The minimum Gasteiger partial charge on any atom is -0.412 e. The van der Waals surface area contributed by atoms with Gasteiger partial charge < -0.3 is 28.4 Å². The first-order chi connectivity index (χ1) is 8.36. The maximum Gasteiger partial charge on any atom is 0.188 e. The summed E-state index contributed by atoms with van der Waals surface area (Å²) in [5.74, 6) is 1.36. The predicted octanol–water partition coefficient (Wildman–Crippen LogP) is -0.965. The van der Waals surface area contributed by atoms with E-state index in [2.05, 4.69) is 45.2 Å². The molecule has 0 atom stereocenters. The molecule has 0 amide bonds. The normalized spacial score (nSPS) is 8.95. The molecule has 104 valence electrons. The molecular formula is C8H14N8OS2. The third-order valence-electron chi connectivity index (χ3n) is 1.51. The number of aromatic nitrogens is 4. The van der Waals surface area contributed by atoms with E-state index in [9.17, 15) is 0 Å². The Hall–Kier alpha value is -1.98. The number of hydrogen-bond donors (Lipinski definition) is 6. The van der Waals surface area contributed by atoms with Gasteiger partial charge >= 0.3 is 0 Å². The minimum atomic E-state index is 0. The average Bonchev–Trinajstić information content (AvgIpc) is 2.12. The van der Waals surface area contributed by atoms with Crippen LogP contribution < -0.4 is 22.9 Å². The maximum absolute atomic E-state index is 5.28. The van der Waals surface area contributed by atoms with Gasteiger partial charge in [-0.25, -0.2) is 19.9 Å². The number of nitrogen functional groups attached to an aromatic ring is 4. The van der Waals surface area contributed by atoms with Crippen molar-refractivity contribution in [3.8, 4) is 0 Å². The molecule has 0 spiro atoms. The molecular weight excluding hydrogens is 288 g/mol. The molecule has 0 saturated carbocycles. The quantitative estimate of drug-likeness (QED) is 0.265. The van der Waals surface area contributed by atoms with Gasteiger partial charge in [-0.1, -0.05) is 0 Å². The highest BCUT2D eigenvalue weighted by Gasteiger charge is 1.93. The Morgan fingerprint density at radius 3 is 1.00 bits per heavy atom. The van der Waals surface area contributed by atoms with E-state index >= 15 is 0 Å². The number of nitrogens with zero attached hydrogens (tertiary/aromatic N) is 4. The molecule has 0 aliphatic rings. The first-order valence-corrected chi connectivity index (χ1v) is 5.44. The van der Waals surface area contributed by atoms with E-state index in [1.807, 2.05) is 0 Å². The summed E-state index contributed by atoms with van der Waals surface area (Å²) in [6.45, 7) is 0. The SMILES string of the molecule is Nc1cc(N)nc(S)n1.Nc1cc(N)nc(S)n1.O. The van der Waals surface area contributed by atoms with Crippen LogP contribution in [0, 0.1) is 0 Å². The van der Waals surface area contributed by atoms with Crippen LogP contribution in [-0.4, -0.2) is 25.4 Å². The van der Waals surface area contributed by atoms with E-state index in [1.165, 1.54) is 12.1 Å². The Kier molecular flexibility index (Phi) is 6.68. The second-order valence-electron chi connectivity index (χ2n) is 3.04. The van der Waals surface area contributed by atoms with Crippen molar-refractivity contribution in [2.24, 2.45) is 0 Å². The second-order valence-corrected chi connectivity index (χ2v) is 3.84. The average molecular weight is 302 g/mol. The van der Waals surface area contributed by atoms with Gasteiger partial charge in [0.15, 0.2) is 10.3 Å². The first-order valence-electron chi connectivity index (χ1n) is 4.55. The Balaban J connectivity index is 0.000000324. The smallest absolute Gasteiger partial charge is 0.188 e. The Morgan fingerprint density at radius 2 is 0.842 bits per heavy atom. The van der Waals surface area contributed by atoms with Crippen molar-refractivity contribution < 1.29 is 5.48 Å². The Bertz CT molecular complexity index is 402. The molecule has 0 radical (unpaired) electrons. The zero-order valence-corrected chi connectivity index (χ0v) is 11.4. The van der Waals surface area contributed by atoms with Gasteiger partial charge in [-0.2, -0.15) is 0 Å². The molecule has 19 heavy (non-hydrogen) atoms. The molecule has 0 fully saturated rings. The van der Waals surface area contributed by atoms with Crippen LogP contribution in [0.15, 0.2) is 22.4 Å². The van der Waals surface area contributed by atoms with Crippen molar-refractivity contribution >= 4 is 48.5 Å². The molecule has 11 heteroatoms. The highest BCUT2D eigenvalue weighted by molar-refractivity contribution is 7.80. The molecule has 2 aromatic rings. The molecule has 0 bridgehead atoms. The van der Waals surface area contributed by atoms with Gasteiger partial charge in [0.2, 0.25) is 0 Å². The van der Waals surface area contributed by atoms with Gasteiger partial charge in [-0.05, 0) is 0 Å². The molecule has 0 aliphatic carbocycles. The number of nitrogens with two attached hydrogens (primary N) is 4. The fourth-order valence-corrected chi connectivity index (χ4v) is 1.41. The molecule has 0 aliphatic heterocycles. The highest BCUT2D eigenvalue weighted by atomic mass is 32.1. The summed E-state index contributed by atoms with van der Waals surface area (Å²) in [4.78, 5) is 14.7. The van der Waals surface area contributed by atoms with Gasteiger partial charge in [-0.3, -0.25) is 0 Å². The van der Waals surface area contributed by atoms with Crippen molar-refractivity contribution in [2.45, 2.75) is 10.3 Å². The van der Waals surface area contributed by atoms with Crippen molar-refractivity contribution in [1.29, 1.82) is 0 Å². The second kappa shape index (κ2) is 7.45. The molecule has 0 saturated heterocycles. The summed E-state index contributed by atoms with van der Waals surface area (Å²) in [5.41, 5.74) is 21.1. The Labute approximate surface area is 120 Å². The largest absolute Gasteiger partial charge is 0.412 e. The van der Waals surface area contributed by atoms with Crippen molar-refractivity contribution in [2.75, 3.05) is 22.9 Å². The molecule has 0 aromatic carbocycles. The predicted molar refractivity (Wildman–Crippen MR) is 79.8 cm³/mol. The summed E-state index contributed by atoms with van der Waals surface area (Å²) < 4.78 is 0. The van der Waals surface area contributed by atoms with Crippen LogP contribution in [0.3, 0.4) is 0 Å². The van der Waals surface area contributed by atoms with E-state index in [0.29, 0.717) is 33.6 Å². The van der Waals surface area contributed by atoms with E-state index in [4.69, 9.17) is 22.9 Å². The summed E-state index contributed by atoms with van der Waals surface area (Å²) in [5, 5.41) is 0.597. The zero-order chi connectivity index (χ0) is 13.7. The van der Waals surface area contributed by atoms with Gasteiger partial charge in [0, 0.05) is 12.1 Å². The van der Waals surface area contributed by atoms with Crippen LogP contribution in [0.1, 0.15) is 0 Å². The van der Waals surface area contributed by atoms with Crippen LogP contribution in [0.5, 0.6) is 0 Å². The molecule has 2 heterocycles. The molecule has 10 N–H and O–H groups in total. The maximum atomic E-state index is 5.28. The highest BCUT2D eigenvalue weighted by Crippen LogP contribution is 2.06. The van der Waals surface area contributed by atoms with Crippen molar-refractivity contribution in [1.82, 2.24) is 19.9 Å². The van der Waals surface area contributed by atoms with Crippen LogP contribution >= 0.6 is 25.3 Å². The molecule has 9 nitrogen and oxygen atoms in total. The standard InChI is InChI=1S/2C4H6N4S.H2O/c2*5-2-1-3(6)8-4(9)7-2;/h2*1H,(H5,5,6,7,8,9);1H2. The summed E-state index contributed by atoms with van der Waals surface area (Å²) >= 11 is 7.68. The van der Waals surface area contributed by atoms with E-state index < -0.39 is 0 Å². The molecule has 2 rings (SSSR count). The van der Waals surface area contributed by atoms with Gasteiger partial charge in [0.1, 0.15) is 23.3 Å². The van der Waals surface area contributed by atoms with Gasteiger partial charge in [-0.15, -0.1) is 25.3 Å². The summed E-state index contributed by atoms with van der Waals surface area (Å²) in [6.07, 6.45) is 0. The Morgan fingerprint density at radius 1 is 0.632 bits per heavy atom. The first kappa shape index (κ1) is 17.0. The summed E-state index contributed by atoms with van der Waals surface area (Å²) in [6, 6.07) is 2.94. The fraction of sp³-hybridized carbons (Fsp3) is 0.